The lowest BCUT2D eigenvalue weighted by Gasteiger charge is -2.03. The van der Waals surface area contributed by atoms with Crippen molar-refractivity contribution in [1.29, 1.82) is 0 Å². The molecule has 0 aliphatic heterocycles. The van der Waals surface area contributed by atoms with Crippen LogP contribution in [-0.2, 0) is 9.59 Å². The van der Waals surface area contributed by atoms with E-state index in [1.807, 2.05) is 0 Å². The first-order valence-corrected chi connectivity index (χ1v) is 5.07. The molecular formula is C12H13NO5. The summed E-state index contributed by atoms with van der Waals surface area (Å²) in [7, 11) is 1.48. The molecule has 0 saturated carbocycles. The number of rotatable bonds is 5. The second-order valence-corrected chi connectivity index (χ2v) is 3.37. The van der Waals surface area contributed by atoms with Crippen molar-refractivity contribution in [1.82, 2.24) is 5.32 Å². The fourth-order valence-electron chi connectivity index (χ4n) is 1.18. The fourth-order valence-corrected chi connectivity index (χ4v) is 1.18. The number of aliphatic carboxylic acids is 1. The molecule has 96 valence electrons. The molecule has 1 amide bonds. The Bertz CT molecular complexity index is 481. The number of carbonyl (C=O) groups is 2. The summed E-state index contributed by atoms with van der Waals surface area (Å²) in [4.78, 5) is 21.4. The van der Waals surface area contributed by atoms with Gasteiger partial charge in [0.2, 0.25) is 5.91 Å². The molecule has 0 atom stereocenters. The van der Waals surface area contributed by atoms with Gasteiger partial charge in [0.25, 0.3) is 0 Å². The van der Waals surface area contributed by atoms with E-state index >= 15 is 0 Å². The molecule has 18 heavy (non-hydrogen) atoms. The molecule has 0 aromatic heterocycles. The van der Waals surface area contributed by atoms with E-state index < -0.39 is 18.4 Å². The van der Waals surface area contributed by atoms with Gasteiger partial charge in [0.05, 0.1) is 7.11 Å². The van der Waals surface area contributed by atoms with Crippen molar-refractivity contribution in [3.8, 4) is 11.5 Å². The molecular weight excluding hydrogens is 238 g/mol. The SMILES string of the molecule is COc1ccc(C=CC(=O)NCC(=O)O)c(O)c1. The third-order valence-corrected chi connectivity index (χ3v) is 2.07. The highest BCUT2D eigenvalue weighted by molar-refractivity contribution is 5.93. The number of nitrogens with one attached hydrogen (secondary N) is 1. The van der Waals surface area contributed by atoms with Crippen molar-refractivity contribution in [2.75, 3.05) is 13.7 Å². The molecule has 1 rings (SSSR count). The highest BCUT2D eigenvalue weighted by Gasteiger charge is 2.02. The normalized spacial score (nSPS) is 10.3. The summed E-state index contributed by atoms with van der Waals surface area (Å²) < 4.78 is 4.91. The monoisotopic (exact) mass is 251 g/mol. The van der Waals surface area contributed by atoms with Crippen LogP contribution >= 0.6 is 0 Å². The minimum Gasteiger partial charge on any atom is -0.507 e. The average Bonchev–Trinajstić information content (AvgIpc) is 2.34. The standard InChI is InChI=1S/C12H13NO5/c1-18-9-4-2-8(10(14)6-9)3-5-11(15)13-7-12(16)17/h2-6,14H,7H2,1H3,(H,13,15)(H,16,17). The molecule has 0 saturated heterocycles. The van der Waals surface area contributed by atoms with Gasteiger partial charge in [-0.05, 0) is 18.2 Å². The first kappa shape index (κ1) is 13.6. The first-order valence-electron chi connectivity index (χ1n) is 5.07. The molecule has 0 aliphatic carbocycles. The summed E-state index contributed by atoms with van der Waals surface area (Å²) in [5.74, 6) is -1.20. The highest BCUT2D eigenvalue weighted by Crippen LogP contribution is 2.24. The summed E-state index contributed by atoms with van der Waals surface area (Å²) in [5.41, 5.74) is 0.432. The van der Waals surface area contributed by atoms with Gasteiger partial charge in [-0.1, -0.05) is 0 Å². The van der Waals surface area contributed by atoms with E-state index in [2.05, 4.69) is 5.32 Å². The Balaban J connectivity index is 2.66. The number of carbonyl (C=O) groups excluding carboxylic acids is 1. The number of carboxylic acids is 1. The van der Waals surface area contributed by atoms with Crippen molar-refractivity contribution in [2.45, 2.75) is 0 Å². The van der Waals surface area contributed by atoms with E-state index in [0.29, 0.717) is 11.3 Å². The van der Waals surface area contributed by atoms with Crippen molar-refractivity contribution < 1.29 is 24.5 Å². The number of phenols is 1. The van der Waals surface area contributed by atoms with Gasteiger partial charge in [-0.3, -0.25) is 9.59 Å². The molecule has 1 aromatic rings. The van der Waals surface area contributed by atoms with Crippen molar-refractivity contribution in [2.24, 2.45) is 0 Å². The lowest BCUT2D eigenvalue weighted by atomic mass is 10.2. The van der Waals surface area contributed by atoms with Crippen LogP contribution in [0.5, 0.6) is 11.5 Å². The molecule has 1 aromatic carbocycles. The molecule has 0 radical (unpaired) electrons. The third kappa shape index (κ3) is 4.17. The van der Waals surface area contributed by atoms with Gasteiger partial charge < -0.3 is 20.3 Å². The van der Waals surface area contributed by atoms with Crippen LogP contribution in [0.25, 0.3) is 6.08 Å². The van der Waals surface area contributed by atoms with Crippen molar-refractivity contribution in [3.63, 3.8) is 0 Å². The number of amides is 1. The lowest BCUT2D eigenvalue weighted by Crippen LogP contribution is -2.27. The predicted octanol–water partition coefficient (Wildman–Crippen LogP) is 0.615. The van der Waals surface area contributed by atoms with E-state index in [9.17, 15) is 14.7 Å². The van der Waals surface area contributed by atoms with Gasteiger partial charge in [-0.15, -0.1) is 0 Å². The van der Waals surface area contributed by atoms with Crippen LogP contribution in [0.4, 0.5) is 0 Å². The molecule has 0 fully saturated rings. The average molecular weight is 251 g/mol. The zero-order valence-electron chi connectivity index (χ0n) is 9.71. The summed E-state index contributed by atoms with van der Waals surface area (Å²) in [5, 5.41) is 20.1. The maximum atomic E-state index is 11.2. The molecule has 0 unspecified atom stereocenters. The Morgan fingerprint density at radius 3 is 2.72 bits per heavy atom. The maximum absolute atomic E-state index is 11.2. The Morgan fingerprint density at radius 1 is 1.44 bits per heavy atom. The molecule has 0 bridgehead atoms. The van der Waals surface area contributed by atoms with Gasteiger partial charge in [0.1, 0.15) is 18.0 Å². The third-order valence-electron chi connectivity index (χ3n) is 2.07. The number of phenolic OH excluding ortho intramolecular Hbond substituents is 1. The number of benzene rings is 1. The van der Waals surface area contributed by atoms with Crippen LogP contribution in [0.2, 0.25) is 0 Å². The van der Waals surface area contributed by atoms with Gasteiger partial charge in [-0.25, -0.2) is 0 Å². The molecule has 6 heteroatoms. The van der Waals surface area contributed by atoms with Crippen LogP contribution in [0, 0.1) is 0 Å². The minimum absolute atomic E-state index is 0.0309. The molecule has 0 spiro atoms. The minimum atomic E-state index is -1.12. The first-order chi connectivity index (χ1) is 8.52. The Morgan fingerprint density at radius 2 is 2.17 bits per heavy atom. The van der Waals surface area contributed by atoms with E-state index in [4.69, 9.17) is 9.84 Å². The lowest BCUT2D eigenvalue weighted by molar-refractivity contribution is -0.137. The number of aromatic hydroxyl groups is 1. The van der Waals surface area contributed by atoms with Crippen molar-refractivity contribution in [3.05, 3.63) is 29.8 Å². The van der Waals surface area contributed by atoms with Crippen LogP contribution in [0.15, 0.2) is 24.3 Å². The second kappa shape index (κ2) is 6.29. The van der Waals surface area contributed by atoms with Crippen LogP contribution in [0.3, 0.4) is 0 Å². The zero-order chi connectivity index (χ0) is 13.5. The Labute approximate surface area is 104 Å². The van der Waals surface area contributed by atoms with Gasteiger partial charge in [-0.2, -0.15) is 0 Å². The Hall–Kier alpha value is -2.50. The van der Waals surface area contributed by atoms with E-state index in [1.165, 1.54) is 19.3 Å². The topological polar surface area (TPSA) is 95.9 Å². The predicted molar refractivity (Wildman–Crippen MR) is 64.3 cm³/mol. The van der Waals surface area contributed by atoms with Crippen molar-refractivity contribution >= 4 is 18.0 Å². The summed E-state index contributed by atoms with van der Waals surface area (Å²) >= 11 is 0. The van der Waals surface area contributed by atoms with Gasteiger partial charge >= 0.3 is 5.97 Å². The quantitative estimate of drug-likeness (QED) is 0.666. The van der Waals surface area contributed by atoms with Gasteiger partial charge in [0.15, 0.2) is 0 Å². The van der Waals surface area contributed by atoms with E-state index in [0.717, 1.165) is 6.08 Å². The fraction of sp³-hybridized carbons (Fsp3) is 0.167. The number of methoxy groups -OCH3 is 1. The number of hydrogen-bond donors (Lipinski definition) is 3. The highest BCUT2D eigenvalue weighted by atomic mass is 16.5. The maximum Gasteiger partial charge on any atom is 0.322 e. The number of hydrogen-bond acceptors (Lipinski definition) is 4. The smallest absolute Gasteiger partial charge is 0.322 e. The largest absolute Gasteiger partial charge is 0.507 e. The van der Waals surface area contributed by atoms with E-state index in [-0.39, 0.29) is 5.75 Å². The Kier molecular flexibility index (Phi) is 4.74. The van der Waals surface area contributed by atoms with Crippen LogP contribution < -0.4 is 10.1 Å². The summed E-state index contributed by atoms with van der Waals surface area (Å²) in [6.45, 7) is -0.447. The van der Waals surface area contributed by atoms with Crippen LogP contribution in [-0.4, -0.2) is 35.7 Å². The number of carboxylic acid groups (broad SMARTS) is 1. The molecule has 0 heterocycles. The molecule has 3 N–H and O–H groups in total. The second-order valence-electron chi connectivity index (χ2n) is 3.37. The number of ether oxygens (including phenoxy) is 1. The molecule has 0 aliphatic rings. The summed E-state index contributed by atoms with van der Waals surface area (Å²) in [6.07, 6.45) is 2.52. The van der Waals surface area contributed by atoms with Gasteiger partial charge in [0, 0.05) is 17.7 Å². The summed E-state index contributed by atoms with van der Waals surface area (Å²) in [6, 6.07) is 4.62. The molecule has 6 nitrogen and oxygen atoms in total. The van der Waals surface area contributed by atoms with Crippen LogP contribution in [0.1, 0.15) is 5.56 Å². The van der Waals surface area contributed by atoms with E-state index in [1.54, 1.807) is 12.1 Å². The zero-order valence-corrected chi connectivity index (χ0v) is 9.71.